The summed E-state index contributed by atoms with van der Waals surface area (Å²) in [7, 11) is 0. The van der Waals surface area contributed by atoms with Gasteiger partial charge in [-0.3, -0.25) is 4.98 Å². The summed E-state index contributed by atoms with van der Waals surface area (Å²) in [6.07, 6.45) is 8.12. The van der Waals surface area contributed by atoms with Crippen LogP contribution in [-0.2, 0) is 0 Å². The lowest BCUT2D eigenvalue weighted by Crippen LogP contribution is -2.19. The van der Waals surface area contributed by atoms with Crippen LogP contribution in [-0.4, -0.2) is 17.2 Å². The number of allylic oxidation sites excluding steroid dienone is 3. The predicted octanol–water partition coefficient (Wildman–Crippen LogP) is 8.67. The van der Waals surface area contributed by atoms with Gasteiger partial charge in [-0.05, 0) is 47.7 Å². The summed E-state index contributed by atoms with van der Waals surface area (Å²) in [5.41, 5.74) is 8.92. The van der Waals surface area contributed by atoms with Crippen molar-refractivity contribution in [1.82, 2.24) is 9.56 Å². The zero-order chi connectivity index (χ0) is 26.7. The van der Waals surface area contributed by atoms with Crippen LogP contribution in [0.3, 0.4) is 0 Å². The van der Waals surface area contributed by atoms with Crippen molar-refractivity contribution in [2.45, 2.75) is 12.8 Å². The molecule has 0 bridgehead atoms. The van der Waals surface area contributed by atoms with Crippen molar-refractivity contribution in [3.63, 3.8) is 0 Å². The summed E-state index contributed by atoms with van der Waals surface area (Å²) in [6.45, 7) is 0.659. The second-order valence-electron chi connectivity index (χ2n) is 9.98. The number of hydrogen-bond donors (Lipinski definition) is 0. The molecule has 0 saturated heterocycles. The summed E-state index contributed by atoms with van der Waals surface area (Å²) in [6, 6.07) is 40.0. The molecule has 5 nitrogen and oxygen atoms in total. The van der Waals surface area contributed by atoms with E-state index in [1.165, 1.54) is 27.7 Å². The Morgan fingerprint density at radius 2 is 1.52 bits per heavy atom. The van der Waals surface area contributed by atoms with E-state index in [-0.39, 0.29) is 0 Å². The molecule has 1 aliphatic carbocycles. The van der Waals surface area contributed by atoms with Gasteiger partial charge in [0.2, 0.25) is 11.4 Å². The van der Waals surface area contributed by atoms with Crippen LogP contribution in [0.1, 0.15) is 12.8 Å². The molecule has 0 amide bonds. The number of fused-ring (bicyclic) bond motifs is 1. The molecule has 2 aliphatic rings. The maximum atomic E-state index is 4.59. The Labute approximate surface area is 233 Å². The van der Waals surface area contributed by atoms with Crippen molar-refractivity contribution in [3.05, 3.63) is 145 Å². The Morgan fingerprint density at radius 1 is 0.700 bits per heavy atom. The molecule has 1 aromatic heterocycles. The van der Waals surface area contributed by atoms with Crippen molar-refractivity contribution in [2.75, 3.05) is 11.6 Å². The zero-order valence-corrected chi connectivity index (χ0v) is 22.1. The smallest absolute Gasteiger partial charge is 0.219 e. The number of benzene rings is 4. The maximum Gasteiger partial charge on any atom is 0.219 e. The first kappa shape index (κ1) is 23.9. The Hall–Kier alpha value is -5.16. The van der Waals surface area contributed by atoms with E-state index in [9.17, 15) is 0 Å². The van der Waals surface area contributed by atoms with Crippen LogP contribution in [0.2, 0.25) is 0 Å². The fourth-order valence-corrected chi connectivity index (χ4v) is 5.47. The highest BCUT2D eigenvalue weighted by Crippen LogP contribution is 2.33. The summed E-state index contributed by atoms with van der Waals surface area (Å²) in [5, 5.41) is 13.5. The largest absolute Gasteiger partial charge is 0.256 e. The molecule has 0 spiro atoms. The quantitative estimate of drug-likeness (QED) is 0.223. The first-order valence-corrected chi connectivity index (χ1v) is 13.6. The molecule has 1 aliphatic heterocycles. The van der Waals surface area contributed by atoms with Crippen molar-refractivity contribution >= 4 is 33.5 Å². The molecule has 0 atom stereocenters. The van der Waals surface area contributed by atoms with Crippen LogP contribution in [0.5, 0.6) is 0 Å². The maximum absolute atomic E-state index is 4.59. The highest BCUT2D eigenvalue weighted by molar-refractivity contribution is 6.04. The highest BCUT2D eigenvalue weighted by Gasteiger charge is 2.25. The Balaban J connectivity index is 1.21. The molecule has 0 saturated carbocycles. The monoisotopic (exact) mass is 518 g/mol. The number of aromatic nitrogens is 1. The lowest BCUT2D eigenvalue weighted by atomic mass is 9.97. The fraction of sp³-hybridized carbons (Fsp3) is 0.0857. The summed E-state index contributed by atoms with van der Waals surface area (Å²) < 4.78 is 2.39. The minimum Gasteiger partial charge on any atom is -0.256 e. The first-order valence-electron chi connectivity index (χ1n) is 13.6. The first-order chi connectivity index (χ1) is 19.8. The number of pyridine rings is 1. The number of anilines is 1. The molecule has 2 heterocycles. The van der Waals surface area contributed by atoms with Gasteiger partial charge < -0.3 is 0 Å². The Bertz CT molecular complexity index is 1810. The van der Waals surface area contributed by atoms with Crippen LogP contribution in [0.25, 0.3) is 22.0 Å². The van der Waals surface area contributed by atoms with E-state index in [0.29, 0.717) is 6.54 Å². The van der Waals surface area contributed by atoms with Crippen LogP contribution in [0.15, 0.2) is 155 Å². The average Bonchev–Trinajstić information content (AvgIpc) is 3.53. The van der Waals surface area contributed by atoms with Crippen molar-refractivity contribution in [3.8, 4) is 11.3 Å². The Kier molecular flexibility index (Phi) is 6.30. The molecule has 0 radical (unpaired) electrons. The van der Waals surface area contributed by atoms with Crippen LogP contribution in [0.4, 0.5) is 17.1 Å². The van der Waals surface area contributed by atoms with Crippen molar-refractivity contribution < 1.29 is 0 Å². The van der Waals surface area contributed by atoms with Crippen LogP contribution < -0.4 is 9.58 Å². The normalized spacial score (nSPS) is 17.9. The average molecular weight is 519 g/mol. The summed E-state index contributed by atoms with van der Waals surface area (Å²) >= 11 is 0. The fourth-order valence-electron chi connectivity index (χ4n) is 5.47. The third-order valence-corrected chi connectivity index (χ3v) is 7.48. The van der Waals surface area contributed by atoms with E-state index in [1.54, 1.807) is 0 Å². The van der Waals surface area contributed by atoms with E-state index in [4.69, 9.17) is 0 Å². The second-order valence-corrected chi connectivity index (χ2v) is 9.98. The second kappa shape index (κ2) is 10.5. The number of rotatable bonds is 4. The molecule has 4 aromatic carbocycles. The molecule has 5 aromatic rings. The van der Waals surface area contributed by atoms with Crippen molar-refractivity contribution in [2.24, 2.45) is 10.3 Å². The summed E-state index contributed by atoms with van der Waals surface area (Å²) in [5.74, 6) is 0. The molecular weight excluding hydrogens is 490 g/mol. The van der Waals surface area contributed by atoms with E-state index in [2.05, 4.69) is 123 Å². The molecule has 40 heavy (non-hydrogen) atoms. The molecule has 0 fully saturated rings. The number of hydrogen-bond acceptors (Lipinski definition) is 4. The van der Waals surface area contributed by atoms with E-state index < -0.39 is 0 Å². The predicted molar refractivity (Wildman–Crippen MR) is 164 cm³/mol. The standard InChI is InChI=1S/C35H28N5/c1-2-13-29(14-3-1)40(35-18-9-11-26-10-4-5-16-32(26)35)30-21-19-27(20-22-30)34-25-39(38-37-34)31-15-8-12-28(24-31)33-17-6-7-23-36-33/h1-19,21,23-24H,20,22,25H2/q+1. The van der Waals surface area contributed by atoms with E-state index in [1.807, 2.05) is 35.5 Å². The highest BCUT2D eigenvalue weighted by atomic mass is 15.6. The van der Waals surface area contributed by atoms with Gasteiger partial charge >= 0.3 is 0 Å². The zero-order valence-electron chi connectivity index (χ0n) is 22.1. The Morgan fingerprint density at radius 3 is 2.38 bits per heavy atom. The van der Waals surface area contributed by atoms with Crippen LogP contribution in [0, 0.1) is 0 Å². The third-order valence-electron chi connectivity index (χ3n) is 7.48. The van der Waals surface area contributed by atoms with Gasteiger partial charge in [0.15, 0.2) is 5.71 Å². The number of para-hydroxylation sites is 1. The van der Waals surface area contributed by atoms with Gasteiger partial charge in [-0.15, -0.1) is 5.11 Å². The topological polar surface area (TPSA) is 43.9 Å². The van der Waals surface area contributed by atoms with E-state index in [0.717, 1.165) is 41.2 Å². The van der Waals surface area contributed by atoms with Crippen molar-refractivity contribution in [1.29, 1.82) is 0 Å². The van der Waals surface area contributed by atoms with Crippen LogP contribution >= 0.6 is 0 Å². The molecule has 5 heteroatoms. The molecule has 7 rings (SSSR count). The van der Waals surface area contributed by atoms with Gasteiger partial charge in [0, 0.05) is 42.5 Å². The van der Waals surface area contributed by atoms with Gasteiger partial charge in [0.05, 0.1) is 29.0 Å². The lowest BCUT2D eigenvalue weighted by Gasteiger charge is -2.15. The van der Waals surface area contributed by atoms with Gasteiger partial charge in [-0.2, -0.15) is 4.58 Å². The minimum atomic E-state index is 0.659. The summed E-state index contributed by atoms with van der Waals surface area (Å²) in [4.78, 5) is 4.49. The molecule has 0 N–H and O–H groups in total. The minimum absolute atomic E-state index is 0.659. The molecule has 0 unspecified atom stereocenters. The lowest BCUT2D eigenvalue weighted by molar-refractivity contribution is 0.938. The molecule has 192 valence electrons. The SMILES string of the molecule is C1=CC(=[N+](c2ccccc2)c2cccc3ccccc23)CCC1=C1CN(c2cccc(-c3ccccn3)c2)N=N1. The third kappa shape index (κ3) is 4.63. The van der Waals surface area contributed by atoms with Gasteiger partial charge in [0.1, 0.15) is 0 Å². The van der Waals surface area contributed by atoms with Gasteiger partial charge in [-0.1, -0.05) is 78.0 Å². The number of nitrogens with zero attached hydrogens (tertiary/aromatic N) is 5. The van der Waals surface area contributed by atoms with Gasteiger partial charge in [0.25, 0.3) is 0 Å². The van der Waals surface area contributed by atoms with E-state index >= 15 is 0 Å². The molecular formula is C35H28N5+. The van der Waals surface area contributed by atoms with Gasteiger partial charge in [-0.25, -0.2) is 5.01 Å².